The number of nitrogens with one attached hydrogen (secondary N) is 1. The van der Waals surface area contributed by atoms with Gasteiger partial charge in [0.25, 0.3) is 5.91 Å². The molecule has 0 radical (unpaired) electrons. The molecule has 4 nitrogen and oxygen atoms in total. The molecule has 0 atom stereocenters. The van der Waals surface area contributed by atoms with Crippen LogP contribution < -0.4 is 15.8 Å². The first kappa shape index (κ1) is 13.4. The molecule has 1 aromatic carbocycles. The van der Waals surface area contributed by atoms with Gasteiger partial charge in [-0.2, -0.15) is 0 Å². The van der Waals surface area contributed by atoms with Crippen molar-refractivity contribution in [2.45, 2.75) is 6.42 Å². The molecule has 5 heteroatoms. The fourth-order valence-electron chi connectivity index (χ4n) is 1.68. The molecule has 0 aliphatic rings. The number of nitrogens with two attached hydrogens (primary N) is 1. The van der Waals surface area contributed by atoms with E-state index in [1.165, 1.54) is 4.88 Å². The third kappa shape index (κ3) is 3.48. The molecule has 0 saturated heterocycles. The number of carbonyl (C=O) groups is 1. The number of anilines is 1. The quantitative estimate of drug-likeness (QED) is 0.824. The number of benzene rings is 1. The Morgan fingerprint density at radius 3 is 2.89 bits per heavy atom. The van der Waals surface area contributed by atoms with E-state index in [2.05, 4.69) is 11.4 Å². The minimum absolute atomic E-state index is 0.156. The predicted octanol–water partition coefficient (Wildman–Crippen LogP) is 2.31. The van der Waals surface area contributed by atoms with Crippen molar-refractivity contribution < 1.29 is 9.53 Å². The number of carbonyl (C=O) groups excluding carboxylic acids is 1. The Hall–Kier alpha value is -2.01. The van der Waals surface area contributed by atoms with Crippen molar-refractivity contribution in [2.75, 3.05) is 19.4 Å². The second-order valence-electron chi connectivity index (χ2n) is 4.01. The van der Waals surface area contributed by atoms with Crippen LogP contribution in [0, 0.1) is 0 Å². The van der Waals surface area contributed by atoms with Gasteiger partial charge < -0.3 is 15.8 Å². The van der Waals surface area contributed by atoms with Crippen molar-refractivity contribution in [1.29, 1.82) is 0 Å². The van der Waals surface area contributed by atoms with Crippen molar-refractivity contribution in [3.05, 3.63) is 46.2 Å². The molecule has 1 heterocycles. The van der Waals surface area contributed by atoms with Gasteiger partial charge in [-0.15, -0.1) is 11.3 Å². The highest BCUT2D eigenvalue weighted by Crippen LogP contribution is 2.23. The minimum atomic E-state index is -0.156. The Morgan fingerprint density at radius 1 is 1.42 bits per heavy atom. The fraction of sp³-hybridized carbons (Fsp3) is 0.214. The summed E-state index contributed by atoms with van der Waals surface area (Å²) in [7, 11) is 1.59. The molecule has 1 aromatic heterocycles. The lowest BCUT2D eigenvalue weighted by atomic mass is 10.2. The number of nitrogen functional groups attached to an aromatic ring is 1. The summed E-state index contributed by atoms with van der Waals surface area (Å²) in [6, 6.07) is 9.15. The van der Waals surface area contributed by atoms with Crippen LogP contribution in [0.4, 0.5) is 5.69 Å². The van der Waals surface area contributed by atoms with Crippen molar-refractivity contribution in [1.82, 2.24) is 5.32 Å². The standard InChI is InChI=1S/C14H16N2O2S/c1-16-14(17)10-4-5-13(12(15)9-10)18-7-6-11-3-2-8-19-11/h2-5,8-9H,6-7,15H2,1H3,(H,16,17). The van der Waals surface area contributed by atoms with Crippen molar-refractivity contribution >= 4 is 22.9 Å². The van der Waals surface area contributed by atoms with Crippen LogP contribution in [0.25, 0.3) is 0 Å². The molecule has 2 aromatic rings. The zero-order chi connectivity index (χ0) is 13.7. The second-order valence-corrected chi connectivity index (χ2v) is 5.04. The van der Waals surface area contributed by atoms with E-state index in [-0.39, 0.29) is 5.91 Å². The second kappa shape index (κ2) is 6.24. The number of hydrogen-bond donors (Lipinski definition) is 2. The van der Waals surface area contributed by atoms with Crippen LogP contribution in [0.5, 0.6) is 5.75 Å². The highest BCUT2D eigenvalue weighted by atomic mass is 32.1. The summed E-state index contributed by atoms with van der Waals surface area (Å²) >= 11 is 1.71. The van der Waals surface area contributed by atoms with Crippen LogP contribution in [-0.2, 0) is 6.42 Å². The number of hydrogen-bond acceptors (Lipinski definition) is 4. The summed E-state index contributed by atoms with van der Waals surface area (Å²) in [5.41, 5.74) is 6.88. The van der Waals surface area contributed by atoms with Gasteiger partial charge in [0.15, 0.2) is 0 Å². The SMILES string of the molecule is CNC(=O)c1ccc(OCCc2cccs2)c(N)c1. The molecular weight excluding hydrogens is 260 g/mol. The van der Waals surface area contributed by atoms with E-state index in [0.717, 1.165) is 6.42 Å². The molecule has 0 unspecified atom stereocenters. The molecule has 0 fully saturated rings. The number of amides is 1. The van der Waals surface area contributed by atoms with Crippen molar-refractivity contribution in [3.8, 4) is 5.75 Å². The zero-order valence-electron chi connectivity index (χ0n) is 10.7. The van der Waals surface area contributed by atoms with E-state index in [1.54, 1.807) is 36.6 Å². The van der Waals surface area contributed by atoms with Crippen molar-refractivity contribution in [3.63, 3.8) is 0 Å². The van der Waals surface area contributed by atoms with Gasteiger partial charge in [-0.3, -0.25) is 4.79 Å². The monoisotopic (exact) mass is 276 g/mol. The van der Waals surface area contributed by atoms with E-state index in [9.17, 15) is 4.79 Å². The highest BCUT2D eigenvalue weighted by Gasteiger charge is 2.07. The molecule has 2 rings (SSSR count). The normalized spacial score (nSPS) is 10.2. The smallest absolute Gasteiger partial charge is 0.251 e. The topological polar surface area (TPSA) is 64.3 Å². The Kier molecular flexibility index (Phi) is 4.41. The molecule has 19 heavy (non-hydrogen) atoms. The van der Waals surface area contributed by atoms with Crippen molar-refractivity contribution in [2.24, 2.45) is 0 Å². The van der Waals surface area contributed by atoms with Gasteiger partial charge in [-0.05, 0) is 29.6 Å². The summed E-state index contributed by atoms with van der Waals surface area (Å²) in [5, 5.41) is 4.60. The maximum Gasteiger partial charge on any atom is 0.251 e. The first-order valence-electron chi connectivity index (χ1n) is 5.97. The minimum Gasteiger partial charge on any atom is -0.491 e. The number of rotatable bonds is 5. The van der Waals surface area contributed by atoms with E-state index >= 15 is 0 Å². The van der Waals surface area contributed by atoms with Crippen LogP contribution in [-0.4, -0.2) is 19.6 Å². The molecule has 0 saturated carbocycles. The summed E-state index contributed by atoms with van der Waals surface area (Å²) < 4.78 is 5.63. The van der Waals surface area contributed by atoms with Gasteiger partial charge in [0.1, 0.15) is 5.75 Å². The van der Waals surface area contributed by atoms with Crippen LogP contribution in [0.15, 0.2) is 35.7 Å². The van der Waals surface area contributed by atoms with E-state index in [1.807, 2.05) is 11.4 Å². The summed E-state index contributed by atoms with van der Waals surface area (Å²) in [5.74, 6) is 0.459. The molecular formula is C14H16N2O2S. The van der Waals surface area contributed by atoms with Gasteiger partial charge in [-0.1, -0.05) is 6.07 Å². The van der Waals surface area contributed by atoms with E-state index in [4.69, 9.17) is 10.5 Å². The molecule has 0 spiro atoms. The molecule has 0 aliphatic carbocycles. The summed E-state index contributed by atoms with van der Waals surface area (Å²) in [4.78, 5) is 12.7. The van der Waals surface area contributed by atoms with Gasteiger partial charge in [0.05, 0.1) is 12.3 Å². The molecule has 3 N–H and O–H groups in total. The van der Waals surface area contributed by atoms with Gasteiger partial charge in [-0.25, -0.2) is 0 Å². The largest absolute Gasteiger partial charge is 0.491 e. The van der Waals surface area contributed by atoms with Gasteiger partial charge in [0, 0.05) is 23.9 Å². The third-order valence-corrected chi connectivity index (χ3v) is 3.62. The maximum atomic E-state index is 11.4. The first-order chi connectivity index (χ1) is 9.20. The first-order valence-corrected chi connectivity index (χ1v) is 6.85. The lowest BCUT2D eigenvalue weighted by Gasteiger charge is -2.09. The molecule has 1 amide bonds. The van der Waals surface area contributed by atoms with Gasteiger partial charge in [0.2, 0.25) is 0 Å². The van der Waals surface area contributed by atoms with Crippen LogP contribution in [0.3, 0.4) is 0 Å². The average molecular weight is 276 g/mol. The van der Waals surface area contributed by atoms with E-state index in [0.29, 0.717) is 23.6 Å². The van der Waals surface area contributed by atoms with Crippen LogP contribution in [0.1, 0.15) is 15.2 Å². The van der Waals surface area contributed by atoms with E-state index < -0.39 is 0 Å². The number of thiophene rings is 1. The van der Waals surface area contributed by atoms with Crippen LogP contribution >= 0.6 is 11.3 Å². The Labute approximate surface area is 116 Å². The van der Waals surface area contributed by atoms with Crippen LogP contribution in [0.2, 0.25) is 0 Å². The Balaban J connectivity index is 1.95. The Morgan fingerprint density at radius 2 is 2.26 bits per heavy atom. The third-order valence-electron chi connectivity index (χ3n) is 2.69. The lowest BCUT2D eigenvalue weighted by Crippen LogP contribution is -2.18. The zero-order valence-corrected chi connectivity index (χ0v) is 11.5. The Bertz CT molecular complexity index is 553. The van der Waals surface area contributed by atoms with Gasteiger partial charge >= 0.3 is 0 Å². The average Bonchev–Trinajstić information content (AvgIpc) is 2.93. The maximum absolute atomic E-state index is 11.4. The lowest BCUT2D eigenvalue weighted by molar-refractivity contribution is 0.0963. The summed E-state index contributed by atoms with van der Waals surface area (Å²) in [6.45, 7) is 0.573. The molecule has 0 bridgehead atoms. The molecule has 0 aliphatic heterocycles. The number of ether oxygens (including phenoxy) is 1. The highest BCUT2D eigenvalue weighted by molar-refractivity contribution is 7.09. The summed E-state index contributed by atoms with van der Waals surface area (Å²) in [6.07, 6.45) is 0.855. The fourth-order valence-corrected chi connectivity index (χ4v) is 2.37. The predicted molar refractivity (Wildman–Crippen MR) is 77.8 cm³/mol. The molecule has 100 valence electrons.